The number of aromatic amines is 2. The van der Waals surface area contributed by atoms with Crippen LogP contribution in [0.15, 0.2) is 53.6 Å². The van der Waals surface area contributed by atoms with Gasteiger partial charge < -0.3 is 20.0 Å². The number of piperidine rings is 1. The topological polar surface area (TPSA) is 107 Å². The number of carbonyl (C=O) groups is 1. The van der Waals surface area contributed by atoms with Gasteiger partial charge in [0.05, 0.1) is 23.3 Å². The van der Waals surface area contributed by atoms with Crippen molar-refractivity contribution < 1.29 is 9.90 Å². The SMILES string of the molecule is O=C([C@@H](O)c1ccccc1)N1CCC[C@@H](n2c(=O)[nH]c3cnc4[nH]ccc4c32)C1. The molecule has 0 aliphatic carbocycles. The van der Waals surface area contributed by atoms with Crippen LogP contribution < -0.4 is 5.69 Å². The second kappa shape index (κ2) is 6.89. The summed E-state index contributed by atoms with van der Waals surface area (Å²) >= 11 is 0. The van der Waals surface area contributed by atoms with E-state index in [2.05, 4.69) is 15.0 Å². The average molecular weight is 391 g/mol. The molecule has 1 fully saturated rings. The number of H-pyrrole nitrogens is 2. The lowest BCUT2D eigenvalue weighted by molar-refractivity contribution is -0.142. The van der Waals surface area contributed by atoms with Crippen molar-refractivity contribution in [1.82, 2.24) is 24.4 Å². The molecule has 5 rings (SSSR count). The van der Waals surface area contributed by atoms with Crippen LogP contribution in [0.3, 0.4) is 0 Å². The maximum Gasteiger partial charge on any atom is 0.326 e. The van der Waals surface area contributed by atoms with Crippen LogP contribution in [-0.2, 0) is 4.79 Å². The highest BCUT2D eigenvalue weighted by Crippen LogP contribution is 2.29. The number of hydrogen-bond acceptors (Lipinski definition) is 4. The fraction of sp³-hybridized carbons (Fsp3) is 0.286. The molecule has 8 nitrogen and oxygen atoms in total. The second-order valence-corrected chi connectivity index (χ2v) is 7.45. The molecule has 1 aliphatic heterocycles. The number of benzene rings is 1. The van der Waals surface area contributed by atoms with Gasteiger partial charge in [-0.1, -0.05) is 30.3 Å². The zero-order valence-electron chi connectivity index (χ0n) is 15.7. The Morgan fingerprint density at radius 3 is 2.90 bits per heavy atom. The number of nitrogens with one attached hydrogen (secondary N) is 2. The minimum absolute atomic E-state index is 0.169. The number of amides is 1. The summed E-state index contributed by atoms with van der Waals surface area (Å²) in [6, 6.07) is 10.7. The van der Waals surface area contributed by atoms with E-state index in [0.29, 0.717) is 29.8 Å². The number of hydrogen-bond donors (Lipinski definition) is 3. The van der Waals surface area contributed by atoms with E-state index in [1.54, 1.807) is 46.1 Å². The van der Waals surface area contributed by atoms with Crippen LogP contribution in [-0.4, -0.2) is 48.5 Å². The van der Waals surface area contributed by atoms with Crippen molar-refractivity contribution in [2.75, 3.05) is 13.1 Å². The quantitative estimate of drug-likeness (QED) is 0.497. The summed E-state index contributed by atoms with van der Waals surface area (Å²) in [5.74, 6) is -0.331. The summed E-state index contributed by atoms with van der Waals surface area (Å²) in [5.41, 5.74) is 2.55. The molecule has 1 saturated heterocycles. The smallest absolute Gasteiger partial charge is 0.326 e. The van der Waals surface area contributed by atoms with Crippen LogP contribution in [0.25, 0.3) is 22.1 Å². The molecular weight excluding hydrogens is 370 g/mol. The van der Waals surface area contributed by atoms with Crippen molar-refractivity contribution in [3.8, 4) is 0 Å². The maximum atomic E-state index is 12.9. The molecule has 0 spiro atoms. The molecule has 4 heterocycles. The molecule has 0 radical (unpaired) electrons. The summed E-state index contributed by atoms with van der Waals surface area (Å²) < 4.78 is 1.74. The number of pyridine rings is 1. The number of likely N-dealkylation sites (tertiary alicyclic amines) is 1. The summed E-state index contributed by atoms with van der Waals surface area (Å²) in [7, 11) is 0. The number of rotatable bonds is 3. The Morgan fingerprint density at radius 2 is 2.07 bits per heavy atom. The van der Waals surface area contributed by atoms with Gasteiger partial charge in [0.1, 0.15) is 5.65 Å². The molecule has 1 aromatic carbocycles. The van der Waals surface area contributed by atoms with Crippen LogP contribution in [0.5, 0.6) is 0 Å². The van der Waals surface area contributed by atoms with Crippen molar-refractivity contribution in [3.05, 3.63) is 64.8 Å². The zero-order valence-corrected chi connectivity index (χ0v) is 15.7. The lowest BCUT2D eigenvalue weighted by Crippen LogP contribution is -2.44. The van der Waals surface area contributed by atoms with E-state index < -0.39 is 6.10 Å². The monoisotopic (exact) mass is 391 g/mol. The number of imidazole rings is 1. The van der Waals surface area contributed by atoms with E-state index in [-0.39, 0.29) is 17.6 Å². The van der Waals surface area contributed by atoms with Crippen molar-refractivity contribution in [2.24, 2.45) is 0 Å². The number of nitrogens with zero attached hydrogens (tertiary/aromatic N) is 3. The van der Waals surface area contributed by atoms with Gasteiger partial charge in [-0.2, -0.15) is 0 Å². The standard InChI is InChI=1S/C21H21N5O3/c27-18(13-5-2-1-3-6-13)20(28)25-10-4-7-14(12-25)26-17-15-8-9-22-19(15)23-11-16(17)24-21(26)29/h1-3,5-6,8-9,11,14,18,27H,4,7,10,12H2,(H,22,23)(H,24,29)/t14-,18+/m1/s1. The molecule has 3 aromatic heterocycles. The first-order valence-corrected chi connectivity index (χ1v) is 9.71. The number of fused-ring (bicyclic) bond motifs is 3. The maximum absolute atomic E-state index is 12.9. The van der Waals surface area contributed by atoms with Gasteiger partial charge in [-0.05, 0) is 24.5 Å². The molecule has 3 N–H and O–H groups in total. The first kappa shape index (κ1) is 17.7. The van der Waals surface area contributed by atoms with Gasteiger partial charge >= 0.3 is 5.69 Å². The van der Waals surface area contributed by atoms with Gasteiger partial charge in [-0.3, -0.25) is 9.36 Å². The predicted molar refractivity (Wildman–Crippen MR) is 108 cm³/mol. The normalized spacial score (nSPS) is 18.4. The van der Waals surface area contributed by atoms with Gasteiger partial charge in [-0.15, -0.1) is 0 Å². The largest absolute Gasteiger partial charge is 0.378 e. The molecular formula is C21H21N5O3. The third-order valence-electron chi connectivity index (χ3n) is 5.68. The molecule has 8 heteroatoms. The predicted octanol–water partition coefficient (Wildman–Crippen LogP) is 2.10. The van der Waals surface area contributed by atoms with E-state index in [1.165, 1.54) is 0 Å². The number of carbonyl (C=O) groups excluding carboxylic acids is 1. The highest BCUT2D eigenvalue weighted by molar-refractivity contribution is 6.01. The van der Waals surface area contributed by atoms with Crippen molar-refractivity contribution in [1.29, 1.82) is 0 Å². The Labute approximate surface area is 165 Å². The Balaban J connectivity index is 1.49. The summed E-state index contributed by atoms with van der Waals surface area (Å²) in [6.07, 6.45) is 3.79. The fourth-order valence-electron chi connectivity index (χ4n) is 4.29. The van der Waals surface area contributed by atoms with Gasteiger partial charge in [-0.25, -0.2) is 9.78 Å². The summed E-state index contributed by atoms with van der Waals surface area (Å²) in [4.78, 5) is 37.6. The third kappa shape index (κ3) is 2.92. The van der Waals surface area contributed by atoms with E-state index in [1.807, 2.05) is 12.1 Å². The number of aromatic nitrogens is 4. The lowest BCUT2D eigenvalue weighted by Gasteiger charge is -2.34. The molecule has 1 aliphatic rings. The Hall–Kier alpha value is -3.39. The first-order valence-electron chi connectivity index (χ1n) is 9.71. The van der Waals surface area contributed by atoms with Gasteiger partial charge in [0.25, 0.3) is 5.91 Å². The fourth-order valence-corrected chi connectivity index (χ4v) is 4.29. The summed E-state index contributed by atoms with van der Waals surface area (Å²) in [5, 5.41) is 11.4. The van der Waals surface area contributed by atoms with Crippen molar-refractivity contribution in [2.45, 2.75) is 25.0 Å². The Morgan fingerprint density at radius 1 is 1.24 bits per heavy atom. The third-order valence-corrected chi connectivity index (χ3v) is 5.68. The number of aliphatic hydroxyl groups is 1. The van der Waals surface area contributed by atoms with E-state index >= 15 is 0 Å². The van der Waals surface area contributed by atoms with Crippen LogP contribution in [0.1, 0.15) is 30.6 Å². The van der Waals surface area contributed by atoms with Crippen molar-refractivity contribution in [3.63, 3.8) is 0 Å². The highest BCUT2D eigenvalue weighted by Gasteiger charge is 2.31. The minimum Gasteiger partial charge on any atom is -0.378 e. The Kier molecular flexibility index (Phi) is 4.21. The van der Waals surface area contributed by atoms with E-state index in [9.17, 15) is 14.7 Å². The highest BCUT2D eigenvalue weighted by atomic mass is 16.3. The molecule has 29 heavy (non-hydrogen) atoms. The average Bonchev–Trinajstić information content (AvgIpc) is 3.36. The van der Waals surface area contributed by atoms with Gasteiger partial charge in [0, 0.05) is 24.7 Å². The van der Waals surface area contributed by atoms with Gasteiger partial charge in [0.15, 0.2) is 6.10 Å². The molecule has 0 saturated carbocycles. The Bertz CT molecular complexity index is 1240. The molecule has 148 valence electrons. The lowest BCUT2D eigenvalue weighted by atomic mass is 10.0. The molecule has 0 unspecified atom stereocenters. The molecule has 0 bridgehead atoms. The van der Waals surface area contributed by atoms with Crippen LogP contribution in [0, 0.1) is 0 Å². The van der Waals surface area contributed by atoms with E-state index in [0.717, 1.165) is 23.7 Å². The van der Waals surface area contributed by atoms with Gasteiger partial charge in [0.2, 0.25) is 0 Å². The molecule has 1 amide bonds. The van der Waals surface area contributed by atoms with Crippen LogP contribution in [0.4, 0.5) is 0 Å². The first-order chi connectivity index (χ1) is 14.1. The molecule has 4 aromatic rings. The summed E-state index contributed by atoms with van der Waals surface area (Å²) in [6.45, 7) is 0.946. The van der Waals surface area contributed by atoms with Crippen LogP contribution in [0.2, 0.25) is 0 Å². The number of aliphatic hydroxyl groups excluding tert-OH is 1. The molecule has 2 atom stereocenters. The second-order valence-electron chi connectivity index (χ2n) is 7.45. The zero-order chi connectivity index (χ0) is 20.0. The van der Waals surface area contributed by atoms with Crippen molar-refractivity contribution >= 4 is 28.0 Å². The minimum atomic E-state index is -1.20. The van der Waals surface area contributed by atoms with Crippen LogP contribution >= 0.6 is 0 Å². The van der Waals surface area contributed by atoms with E-state index in [4.69, 9.17) is 0 Å².